The van der Waals surface area contributed by atoms with Crippen LogP contribution >= 0.6 is 15.9 Å². The number of halogens is 1. The zero-order chi connectivity index (χ0) is 15.9. The molecule has 0 aliphatic heterocycles. The van der Waals surface area contributed by atoms with Crippen LogP contribution in [0.5, 0.6) is 5.75 Å². The number of amides is 1. The Bertz CT molecular complexity index is 625. The van der Waals surface area contributed by atoms with E-state index in [2.05, 4.69) is 46.4 Å². The summed E-state index contributed by atoms with van der Waals surface area (Å²) >= 11 is 3.37. The average molecular weight is 362 g/mol. The van der Waals surface area contributed by atoms with Gasteiger partial charge < -0.3 is 10.1 Å². The topological polar surface area (TPSA) is 38.3 Å². The van der Waals surface area contributed by atoms with Crippen LogP contribution in [-0.2, 0) is 11.2 Å². The lowest BCUT2D eigenvalue weighted by Crippen LogP contribution is -2.37. The minimum atomic E-state index is -0.515. The van der Waals surface area contributed by atoms with Crippen molar-refractivity contribution in [3.05, 3.63) is 64.1 Å². The van der Waals surface area contributed by atoms with E-state index in [-0.39, 0.29) is 5.91 Å². The van der Waals surface area contributed by atoms with Gasteiger partial charge in [0, 0.05) is 11.0 Å². The van der Waals surface area contributed by atoms with Crippen molar-refractivity contribution in [2.45, 2.75) is 26.4 Å². The number of hydrogen-bond donors (Lipinski definition) is 1. The van der Waals surface area contributed by atoms with E-state index in [4.69, 9.17) is 4.74 Å². The van der Waals surface area contributed by atoms with Crippen molar-refractivity contribution in [1.29, 1.82) is 0 Å². The maximum absolute atomic E-state index is 12.0. The molecule has 1 amide bonds. The molecule has 4 heteroatoms. The predicted octanol–water partition coefficient (Wildman–Crippen LogP) is 3.88. The first-order chi connectivity index (χ1) is 10.5. The van der Waals surface area contributed by atoms with Gasteiger partial charge in [-0.2, -0.15) is 0 Å². The fourth-order valence-electron chi connectivity index (χ4n) is 2.11. The summed E-state index contributed by atoms with van der Waals surface area (Å²) in [6.45, 7) is 4.43. The predicted molar refractivity (Wildman–Crippen MR) is 92.1 cm³/mol. The monoisotopic (exact) mass is 361 g/mol. The van der Waals surface area contributed by atoms with Crippen LogP contribution in [0.15, 0.2) is 53.0 Å². The van der Waals surface area contributed by atoms with Gasteiger partial charge in [0.1, 0.15) is 5.75 Å². The number of carbonyl (C=O) groups is 1. The Kier molecular flexibility index (Phi) is 6.01. The van der Waals surface area contributed by atoms with Gasteiger partial charge in [-0.1, -0.05) is 45.8 Å². The molecule has 0 aliphatic carbocycles. The molecule has 2 aromatic carbocycles. The van der Waals surface area contributed by atoms with Crippen LogP contribution in [0, 0.1) is 6.92 Å². The summed E-state index contributed by atoms with van der Waals surface area (Å²) in [7, 11) is 0. The highest BCUT2D eigenvalue weighted by Crippen LogP contribution is 2.17. The largest absolute Gasteiger partial charge is 0.481 e. The number of benzene rings is 2. The summed E-state index contributed by atoms with van der Waals surface area (Å²) in [5, 5.41) is 2.91. The van der Waals surface area contributed by atoms with E-state index < -0.39 is 6.10 Å². The Morgan fingerprint density at radius 3 is 2.64 bits per heavy atom. The quantitative estimate of drug-likeness (QED) is 0.847. The van der Waals surface area contributed by atoms with E-state index >= 15 is 0 Å². The lowest BCUT2D eigenvalue weighted by atomic mass is 10.1. The molecular weight excluding hydrogens is 342 g/mol. The minimum Gasteiger partial charge on any atom is -0.481 e. The minimum absolute atomic E-state index is 0.101. The Labute approximate surface area is 139 Å². The fraction of sp³-hybridized carbons (Fsp3) is 0.278. The van der Waals surface area contributed by atoms with Gasteiger partial charge in [-0.05, 0) is 50.1 Å². The number of ether oxygens (including phenoxy) is 1. The van der Waals surface area contributed by atoms with E-state index in [0.717, 1.165) is 10.9 Å². The summed E-state index contributed by atoms with van der Waals surface area (Å²) in [5.41, 5.74) is 2.46. The molecule has 22 heavy (non-hydrogen) atoms. The molecule has 0 heterocycles. The van der Waals surface area contributed by atoms with Crippen LogP contribution in [0.1, 0.15) is 18.1 Å². The van der Waals surface area contributed by atoms with Crippen molar-refractivity contribution in [2.75, 3.05) is 6.54 Å². The molecule has 0 aromatic heterocycles. The van der Waals surface area contributed by atoms with E-state index in [9.17, 15) is 4.79 Å². The molecule has 1 atom stereocenters. The van der Waals surface area contributed by atoms with Crippen molar-refractivity contribution < 1.29 is 9.53 Å². The molecule has 2 aromatic rings. The highest BCUT2D eigenvalue weighted by Gasteiger charge is 2.13. The number of hydrogen-bond acceptors (Lipinski definition) is 2. The molecule has 1 N–H and O–H groups in total. The Morgan fingerprint density at radius 1 is 1.23 bits per heavy atom. The molecule has 0 bridgehead atoms. The number of carbonyl (C=O) groups excluding carboxylic acids is 1. The first-order valence-corrected chi connectivity index (χ1v) is 8.09. The highest BCUT2D eigenvalue weighted by atomic mass is 79.9. The smallest absolute Gasteiger partial charge is 0.260 e. The van der Waals surface area contributed by atoms with Crippen molar-refractivity contribution in [3.63, 3.8) is 0 Å². The van der Waals surface area contributed by atoms with Crippen LogP contribution in [0.25, 0.3) is 0 Å². The molecule has 2 rings (SSSR count). The van der Waals surface area contributed by atoms with Gasteiger partial charge in [0.2, 0.25) is 0 Å². The third-order valence-electron chi connectivity index (χ3n) is 3.29. The standard InChI is InChI=1S/C18H20BrNO2/c1-13-4-3-5-15(12-13)10-11-20-18(21)14(2)22-17-8-6-16(19)7-9-17/h3-9,12,14H,10-11H2,1-2H3,(H,20,21). The molecule has 3 nitrogen and oxygen atoms in total. The van der Waals surface area contributed by atoms with Crippen molar-refractivity contribution in [1.82, 2.24) is 5.32 Å². The molecule has 0 radical (unpaired) electrons. The maximum atomic E-state index is 12.0. The van der Waals surface area contributed by atoms with Gasteiger partial charge in [0.15, 0.2) is 6.10 Å². The van der Waals surface area contributed by atoms with E-state index in [1.165, 1.54) is 11.1 Å². The summed E-state index contributed by atoms with van der Waals surface area (Å²) in [6, 6.07) is 15.7. The van der Waals surface area contributed by atoms with E-state index in [1.54, 1.807) is 6.92 Å². The zero-order valence-corrected chi connectivity index (χ0v) is 14.4. The third-order valence-corrected chi connectivity index (χ3v) is 3.82. The van der Waals surface area contributed by atoms with Crippen molar-refractivity contribution >= 4 is 21.8 Å². The van der Waals surface area contributed by atoms with Crippen LogP contribution in [-0.4, -0.2) is 18.6 Å². The second kappa shape index (κ2) is 7.99. The highest BCUT2D eigenvalue weighted by molar-refractivity contribution is 9.10. The molecular formula is C18H20BrNO2. The normalized spacial score (nSPS) is 11.8. The molecule has 0 spiro atoms. The Hall–Kier alpha value is -1.81. The second-order valence-corrected chi connectivity index (χ2v) is 6.16. The summed E-state index contributed by atoms with van der Waals surface area (Å²) in [5.74, 6) is 0.583. The lowest BCUT2D eigenvalue weighted by Gasteiger charge is -2.14. The van der Waals surface area contributed by atoms with Crippen molar-refractivity contribution in [3.8, 4) is 5.75 Å². The number of rotatable bonds is 6. The number of nitrogens with one attached hydrogen (secondary N) is 1. The molecule has 0 fully saturated rings. The van der Waals surface area contributed by atoms with Crippen LogP contribution < -0.4 is 10.1 Å². The van der Waals surface area contributed by atoms with Gasteiger partial charge in [-0.15, -0.1) is 0 Å². The summed E-state index contributed by atoms with van der Waals surface area (Å²) < 4.78 is 6.60. The number of aryl methyl sites for hydroxylation is 1. The molecule has 0 saturated heterocycles. The van der Waals surface area contributed by atoms with E-state index in [0.29, 0.717) is 12.3 Å². The SMILES string of the molecule is Cc1cccc(CCNC(=O)C(C)Oc2ccc(Br)cc2)c1. The maximum Gasteiger partial charge on any atom is 0.260 e. The molecule has 0 aliphatic rings. The molecule has 1 unspecified atom stereocenters. The fourth-order valence-corrected chi connectivity index (χ4v) is 2.38. The van der Waals surface area contributed by atoms with E-state index in [1.807, 2.05) is 30.3 Å². The second-order valence-electron chi connectivity index (χ2n) is 5.24. The van der Waals surface area contributed by atoms with Gasteiger partial charge in [-0.25, -0.2) is 0 Å². The van der Waals surface area contributed by atoms with Gasteiger partial charge in [-0.3, -0.25) is 4.79 Å². The van der Waals surface area contributed by atoms with Gasteiger partial charge >= 0.3 is 0 Å². The van der Waals surface area contributed by atoms with Gasteiger partial charge in [0.05, 0.1) is 0 Å². The van der Waals surface area contributed by atoms with Crippen LogP contribution in [0.3, 0.4) is 0 Å². The third kappa shape index (κ3) is 5.19. The van der Waals surface area contributed by atoms with Crippen LogP contribution in [0.2, 0.25) is 0 Å². The van der Waals surface area contributed by atoms with Crippen molar-refractivity contribution in [2.24, 2.45) is 0 Å². The first-order valence-electron chi connectivity index (χ1n) is 7.30. The first kappa shape index (κ1) is 16.6. The Morgan fingerprint density at radius 2 is 1.95 bits per heavy atom. The van der Waals surface area contributed by atoms with Gasteiger partial charge in [0.25, 0.3) is 5.91 Å². The molecule has 116 valence electrons. The van der Waals surface area contributed by atoms with Crippen LogP contribution in [0.4, 0.5) is 0 Å². The molecule has 0 saturated carbocycles. The lowest BCUT2D eigenvalue weighted by molar-refractivity contribution is -0.127. The Balaban J connectivity index is 1.77. The zero-order valence-electron chi connectivity index (χ0n) is 12.8. The summed E-state index contributed by atoms with van der Waals surface area (Å²) in [4.78, 5) is 12.0. The average Bonchev–Trinajstić information content (AvgIpc) is 2.49. The summed E-state index contributed by atoms with van der Waals surface area (Å²) in [6.07, 6.45) is 0.303.